The van der Waals surface area contributed by atoms with Gasteiger partial charge in [0.1, 0.15) is 0 Å². The zero-order valence-corrected chi connectivity index (χ0v) is 29.7. The lowest BCUT2D eigenvalue weighted by atomic mass is 9.82. The molecule has 0 fully saturated rings. The fraction of sp³-hybridized carbons (Fsp3) is 0.467. The number of benzene rings is 4. The summed E-state index contributed by atoms with van der Waals surface area (Å²) in [6.45, 7) is 6.89. The Morgan fingerprint density at radius 1 is 0.340 bits per heavy atom. The minimum atomic E-state index is 0.389. The van der Waals surface area contributed by atoms with E-state index in [9.17, 15) is 0 Å². The van der Waals surface area contributed by atoms with Crippen LogP contribution in [0.3, 0.4) is 0 Å². The summed E-state index contributed by atoms with van der Waals surface area (Å²) in [4.78, 5) is 0. The van der Waals surface area contributed by atoms with Crippen LogP contribution in [0.5, 0.6) is 0 Å². The highest BCUT2D eigenvalue weighted by molar-refractivity contribution is 5.45. The quantitative estimate of drug-likeness (QED) is 0.0711. The van der Waals surface area contributed by atoms with Crippen molar-refractivity contribution in [3.05, 3.63) is 130 Å². The zero-order valence-electron chi connectivity index (χ0n) is 29.7. The maximum absolute atomic E-state index is 6.06. The van der Waals surface area contributed by atoms with E-state index in [-0.39, 0.29) is 0 Å². The average Bonchev–Trinajstić information content (AvgIpc) is 3.10. The third-order valence-corrected chi connectivity index (χ3v) is 10.3. The highest BCUT2D eigenvalue weighted by Gasteiger charge is 2.19. The molecule has 0 spiro atoms. The summed E-state index contributed by atoms with van der Waals surface area (Å²) < 4.78 is 0. The van der Waals surface area contributed by atoms with Gasteiger partial charge in [-0.3, -0.25) is 0 Å². The molecule has 2 atom stereocenters. The standard InChI is InChI=1S/C45H62N2/c1-4-7-9-11-13-15-17-44(39-27-31-41(46)32-28-39)37-23-19-35(20-24-37)43(6-3)36-21-25-38(26-22-36)45(18-16-14-12-10-8-5-2)40-29-33-42(47)34-30-40/h19-34,43-45H,4-18,46-47H2,1-3H3. The van der Waals surface area contributed by atoms with Crippen molar-refractivity contribution in [3.8, 4) is 0 Å². The van der Waals surface area contributed by atoms with Gasteiger partial charge < -0.3 is 11.5 Å². The van der Waals surface area contributed by atoms with Gasteiger partial charge in [-0.2, -0.15) is 0 Å². The molecule has 0 radical (unpaired) electrons. The van der Waals surface area contributed by atoms with Crippen LogP contribution in [0.25, 0.3) is 0 Å². The first-order valence-electron chi connectivity index (χ1n) is 18.9. The van der Waals surface area contributed by atoms with Gasteiger partial charge in [-0.25, -0.2) is 0 Å². The molecule has 0 heterocycles. The molecular weight excluding hydrogens is 569 g/mol. The molecule has 4 aromatic carbocycles. The van der Waals surface area contributed by atoms with Gasteiger partial charge in [-0.05, 0) is 76.9 Å². The number of hydrogen-bond donors (Lipinski definition) is 2. The highest BCUT2D eigenvalue weighted by Crippen LogP contribution is 2.36. The minimum Gasteiger partial charge on any atom is -0.399 e. The van der Waals surface area contributed by atoms with Crippen LogP contribution in [0.1, 0.15) is 168 Å². The molecule has 0 amide bonds. The van der Waals surface area contributed by atoms with Gasteiger partial charge >= 0.3 is 0 Å². The first-order chi connectivity index (χ1) is 23.0. The number of hydrogen-bond acceptors (Lipinski definition) is 2. The number of nitrogen functional groups attached to an aromatic ring is 2. The second-order valence-corrected chi connectivity index (χ2v) is 13.8. The fourth-order valence-corrected chi connectivity index (χ4v) is 7.35. The van der Waals surface area contributed by atoms with Crippen molar-refractivity contribution in [2.24, 2.45) is 0 Å². The van der Waals surface area contributed by atoms with E-state index in [1.807, 2.05) is 0 Å². The topological polar surface area (TPSA) is 52.0 Å². The second kappa shape index (κ2) is 20.0. The largest absolute Gasteiger partial charge is 0.399 e. The maximum atomic E-state index is 6.06. The van der Waals surface area contributed by atoms with E-state index >= 15 is 0 Å². The van der Waals surface area contributed by atoms with Gasteiger partial charge in [0.15, 0.2) is 0 Å². The first kappa shape index (κ1) is 36.3. The maximum Gasteiger partial charge on any atom is 0.0314 e. The van der Waals surface area contributed by atoms with Gasteiger partial charge in [-0.15, -0.1) is 0 Å². The van der Waals surface area contributed by atoms with Crippen LogP contribution in [-0.2, 0) is 0 Å². The molecule has 0 bridgehead atoms. The molecular formula is C45H62N2. The molecule has 0 aliphatic carbocycles. The Kier molecular flexibility index (Phi) is 15.4. The molecule has 0 saturated carbocycles. The van der Waals surface area contributed by atoms with Crippen molar-refractivity contribution in [2.75, 3.05) is 11.5 Å². The molecule has 0 aliphatic rings. The Balaban J connectivity index is 1.48. The Hall–Kier alpha value is -3.52. The second-order valence-electron chi connectivity index (χ2n) is 13.8. The minimum absolute atomic E-state index is 0.389. The Bertz CT molecular complexity index is 1280. The molecule has 47 heavy (non-hydrogen) atoms. The number of nitrogens with two attached hydrogens (primary N) is 2. The van der Waals surface area contributed by atoms with Crippen molar-refractivity contribution in [1.29, 1.82) is 0 Å². The molecule has 0 saturated heterocycles. The summed E-state index contributed by atoms with van der Waals surface area (Å²) in [5, 5.41) is 0. The van der Waals surface area contributed by atoms with E-state index in [0.717, 1.165) is 17.8 Å². The highest BCUT2D eigenvalue weighted by atomic mass is 14.5. The van der Waals surface area contributed by atoms with Crippen LogP contribution in [0.15, 0.2) is 97.1 Å². The van der Waals surface area contributed by atoms with Crippen molar-refractivity contribution in [1.82, 2.24) is 0 Å². The fourth-order valence-electron chi connectivity index (χ4n) is 7.35. The van der Waals surface area contributed by atoms with Gasteiger partial charge in [-0.1, -0.05) is 171 Å². The van der Waals surface area contributed by atoms with Crippen LogP contribution in [0, 0.1) is 0 Å². The summed E-state index contributed by atoms with van der Waals surface area (Å²) in [7, 11) is 0. The van der Waals surface area contributed by atoms with Crippen LogP contribution in [0.4, 0.5) is 11.4 Å². The molecule has 2 nitrogen and oxygen atoms in total. The molecule has 2 unspecified atom stereocenters. The van der Waals surface area contributed by atoms with Crippen molar-refractivity contribution in [2.45, 2.75) is 135 Å². The number of unbranched alkanes of at least 4 members (excludes halogenated alkanes) is 10. The first-order valence-corrected chi connectivity index (χ1v) is 18.9. The summed E-state index contributed by atoms with van der Waals surface area (Å²) in [5.74, 6) is 1.21. The predicted molar refractivity (Wildman–Crippen MR) is 206 cm³/mol. The van der Waals surface area contributed by atoms with E-state index in [1.54, 1.807) is 0 Å². The van der Waals surface area contributed by atoms with Crippen molar-refractivity contribution < 1.29 is 0 Å². The van der Waals surface area contributed by atoms with Gasteiger partial charge in [0, 0.05) is 29.1 Å². The summed E-state index contributed by atoms with van der Waals surface area (Å²) in [6.07, 6.45) is 19.3. The summed E-state index contributed by atoms with van der Waals surface area (Å²) in [5.41, 5.74) is 22.2. The lowest BCUT2D eigenvalue weighted by Crippen LogP contribution is -2.05. The third kappa shape index (κ3) is 11.3. The van der Waals surface area contributed by atoms with Gasteiger partial charge in [0.2, 0.25) is 0 Å². The van der Waals surface area contributed by atoms with E-state index in [4.69, 9.17) is 11.5 Å². The van der Waals surface area contributed by atoms with Crippen molar-refractivity contribution >= 4 is 11.4 Å². The Labute approximate surface area is 287 Å². The Morgan fingerprint density at radius 3 is 0.894 bits per heavy atom. The summed E-state index contributed by atoms with van der Waals surface area (Å²) >= 11 is 0. The third-order valence-electron chi connectivity index (χ3n) is 10.3. The van der Waals surface area contributed by atoms with E-state index in [0.29, 0.717) is 17.8 Å². The molecule has 252 valence electrons. The molecule has 4 rings (SSSR count). The Morgan fingerprint density at radius 2 is 0.596 bits per heavy atom. The van der Waals surface area contributed by atoms with Crippen molar-refractivity contribution in [3.63, 3.8) is 0 Å². The van der Waals surface area contributed by atoms with Crippen LogP contribution >= 0.6 is 0 Å². The summed E-state index contributed by atoms with van der Waals surface area (Å²) in [6, 6.07) is 36.2. The van der Waals surface area contributed by atoms with Crippen LogP contribution in [0.2, 0.25) is 0 Å². The monoisotopic (exact) mass is 630 g/mol. The number of rotatable bonds is 21. The SMILES string of the molecule is CCCCCCCCC(c1ccc(N)cc1)c1ccc(C(CC)c2ccc(C(CCCCCCCC)c3ccc(N)cc3)cc2)cc1. The van der Waals surface area contributed by atoms with Crippen LogP contribution < -0.4 is 11.5 Å². The smallest absolute Gasteiger partial charge is 0.0314 e. The van der Waals surface area contributed by atoms with Gasteiger partial charge in [0.05, 0.1) is 0 Å². The molecule has 0 aliphatic heterocycles. The normalized spacial score (nSPS) is 13.3. The van der Waals surface area contributed by atoms with Gasteiger partial charge in [0.25, 0.3) is 0 Å². The predicted octanol–water partition coefficient (Wildman–Crippen LogP) is 13.2. The number of anilines is 2. The molecule has 4 aromatic rings. The zero-order chi connectivity index (χ0) is 33.3. The molecule has 2 heteroatoms. The van der Waals surface area contributed by atoms with Crippen LogP contribution in [-0.4, -0.2) is 0 Å². The van der Waals surface area contributed by atoms with E-state index in [2.05, 4.69) is 118 Å². The van der Waals surface area contributed by atoms with E-state index < -0.39 is 0 Å². The lowest BCUT2D eigenvalue weighted by Gasteiger charge is -2.22. The lowest BCUT2D eigenvalue weighted by molar-refractivity contribution is 0.568. The molecule has 0 aromatic heterocycles. The molecule has 4 N–H and O–H groups in total. The average molecular weight is 631 g/mol. The van der Waals surface area contributed by atoms with E-state index in [1.165, 1.54) is 123 Å².